The largest absolute Gasteiger partial charge is 0.329 e. The molecule has 2 N–H and O–H groups in total. The molecule has 0 saturated carbocycles. The molecular weight excluding hydrogens is 358 g/mol. The van der Waals surface area contributed by atoms with Crippen LogP contribution in [0.3, 0.4) is 0 Å². The molecule has 5 nitrogen and oxygen atoms in total. The summed E-state index contributed by atoms with van der Waals surface area (Å²) in [7, 11) is 0. The molecule has 1 unspecified atom stereocenters. The Bertz CT molecular complexity index is 572. The van der Waals surface area contributed by atoms with Gasteiger partial charge in [-0.15, -0.1) is 0 Å². The minimum Gasteiger partial charge on any atom is -0.329 e. The fourth-order valence-electron chi connectivity index (χ4n) is 5.58. The standard InChI is InChI=1S/C24H41N5/c25-11-16-26-17-19-29(20-18-26)24(22-7-3-1-4-8-22)21-27-14-9-23(10-15-27)28-12-5-2-6-13-28/h1,3-4,7-8,23-24H,2,5-6,9-21,25H2. The van der Waals surface area contributed by atoms with Gasteiger partial charge in [-0.25, -0.2) is 0 Å². The summed E-state index contributed by atoms with van der Waals surface area (Å²) in [4.78, 5) is 10.8. The van der Waals surface area contributed by atoms with Crippen molar-refractivity contribution in [1.82, 2.24) is 19.6 Å². The molecule has 3 fully saturated rings. The predicted octanol–water partition coefficient (Wildman–Crippen LogP) is 2.25. The summed E-state index contributed by atoms with van der Waals surface area (Å²) >= 11 is 0. The molecule has 3 aliphatic rings. The topological polar surface area (TPSA) is 39.0 Å². The third-order valence-corrected chi connectivity index (χ3v) is 7.37. The molecule has 1 atom stereocenters. The molecule has 1 aromatic carbocycles. The van der Waals surface area contributed by atoms with Gasteiger partial charge in [0.2, 0.25) is 0 Å². The van der Waals surface area contributed by atoms with Gasteiger partial charge >= 0.3 is 0 Å². The van der Waals surface area contributed by atoms with Crippen molar-refractivity contribution in [2.75, 3.05) is 72.0 Å². The minimum absolute atomic E-state index is 0.516. The van der Waals surface area contributed by atoms with E-state index in [2.05, 4.69) is 49.9 Å². The smallest absolute Gasteiger partial charge is 0.0476 e. The van der Waals surface area contributed by atoms with Gasteiger partial charge in [-0.1, -0.05) is 36.8 Å². The highest BCUT2D eigenvalue weighted by molar-refractivity contribution is 5.20. The van der Waals surface area contributed by atoms with Gasteiger partial charge in [-0.05, 0) is 57.4 Å². The summed E-state index contributed by atoms with van der Waals surface area (Å²) in [5.74, 6) is 0. The summed E-state index contributed by atoms with van der Waals surface area (Å²) in [6.07, 6.45) is 6.96. The maximum Gasteiger partial charge on any atom is 0.0476 e. The summed E-state index contributed by atoms with van der Waals surface area (Å²) in [6.45, 7) is 12.8. The Morgan fingerprint density at radius 1 is 0.793 bits per heavy atom. The van der Waals surface area contributed by atoms with E-state index in [-0.39, 0.29) is 0 Å². The van der Waals surface area contributed by atoms with Crippen LogP contribution < -0.4 is 5.73 Å². The lowest BCUT2D eigenvalue weighted by Crippen LogP contribution is -2.52. The van der Waals surface area contributed by atoms with E-state index in [1.165, 1.54) is 70.4 Å². The molecule has 0 radical (unpaired) electrons. The van der Waals surface area contributed by atoms with Crippen molar-refractivity contribution in [2.45, 2.75) is 44.2 Å². The number of nitrogens with zero attached hydrogens (tertiary/aromatic N) is 4. The fourth-order valence-corrected chi connectivity index (χ4v) is 5.58. The Hall–Kier alpha value is -0.980. The molecule has 0 bridgehead atoms. The quantitative estimate of drug-likeness (QED) is 0.761. The minimum atomic E-state index is 0.516. The number of piperazine rings is 1. The molecule has 4 rings (SSSR count). The molecule has 0 amide bonds. The third-order valence-electron chi connectivity index (χ3n) is 7.37. The molecule has 3 heterocycles. The number of hydrogen-bond donors (Lipinski definition) is 1. The van der Waals surface area contributed by atoms with Crippen molar-refractivity contribution >= 4 is 0 Å². The van der Waals surface area contributed by atoms with Crippen molar-refractivity contribution in [3.05, 3.63) is 35.9 Å². The van der Waals surface area contributed by atoms with E-state index in [1.807, 2.05) is 0 Å². The molecule has 1 aromatic rings. The van der Waals surface area contributed by atoms with Crippen LogP contribution in [-0.2, 0) is 0 Å². The molecule has 0 aliphatic carbocycles. The normalized spacial score (nSPS) is 25.3. The molecular formula is C24H41N5. The molecule has 0 spiro atoms. The number of rotatable bonds is 7. The molecule has 29 heavy (non-hydrogen) atoms. The fraction of sp³-hybridized carbons (Fsp3) is 0.750. The van der Waals surface area contributed by atoms with Crippen LogP contribution in [0.4, 0.5) is 0 Å². The summed E-state index contributed by atoms with van der Waals surface area (Å²) in [5, 5.41) is 0. The van der Waals surface area contributed by atoms with Crippen molar-refractivity contribution in [3.8, 4) is 0 Å². The van der Waals surface area contributed by atoms with Crippen LogP contribution >= 0.6 is 0 Å². The Balaban J connectivity index is 1.34. The summed E-state index contributed by atoms with van der Waals surface area (Å²) in [6, 6.07) is 12.6. The molecule has 3 saturated heterocycles. The second-order valence-corrected chi connectivity index (χ2v) is 9.22. The van der Waals surface area contributed by atoms with Crippen LogP contribution in [0.2, 0.25) is 0 Å². The number of likely N-dealkylation sites (tertiary alicyclic amines) is 2. The Morgan fingerprint density at radius 3 is 2.14 bits per heavy atom. The first-order valence-corrected chi connectivity index (χ1v) is 12.0. The van der Waals surface area contributed by atoms with E-state index >= 15 is 0 Å². The Morgan fingerprint density at radius 2 is 1.48 bits per heavy atom. The zero-order chi connectivity index (χ0) is 19.9. The lowest BCUT2D eigenvalue weighted by atomic mass is 9.98. The maximum atomic E-state index is 5.77. The van der Waals surface area contributed by atoms with E-state index in [9.17, 15) is 0 Å². The van der Waals surface area contributed by atoms with Gasteiger partial charge in [0.05, 0.1) is 0 Å². The second-order valence-electron chi connectivity index (χ2n) is 9.22. The summed E-state index contributed by atoms with van der Waals surface area (Å²) < 4.78 is 0. The van der Waals surface area contributed by atoms with Crippen molar-refractivity contribution in [2.24, 2.45) is 5.73 Å². The maximum absolute atomic E-state index is 5.77. The van der Waals surface area contributed by atoms with Gasteiger partial charge < -0.3 is 15.5 Å². The highest BCUT2D eigenvalue weighted by atomic mass is 15.3. The molecule has 3 aliphatic heterocycles. The van der Waals surface area contributed by atoms with Crippen LogP contribution in [0.1, 0.15) is 43.7 Å². The SMILES string of the molecule is NCCN1CCN(C(CN2CCC(N3CCCCC3)CC2)c2ccccc2)CC1. The average molecular weight is 400 g/mol. The highest BCUT2D eigenvalue weighted by Gasteiger charge is 2.30. The van der Waals surface area contributed by atoms with Crippen LogP contribution in [0, 0.1) is 0 Å². The lowest BCUT2D eigenvalue weighted by Gasteiger charge is -2.44. The van der Waals surface area contributed by atoms with E-state index in [1.54, 1.807) is 0 Å². The number of benzene rings is 1. The first-order valence-electron chi connectivity index (χ1n) is 12.0. The molecule has 5 heteroatoms. The van der Waals surface area contributed by atoms with E-state index in [4.69, 9.17) is 5.73 Å². The van der Waals surface area contributed by atoms with Gasteiger partial charge in [0.1, 0.15) is 0 Å². The lowest BCUT2D eigenvalue weighted by molar-refractivity contribution is 0.0518. The van der Waals surface area contributed by atoms with Gasteiger partial charge in [0.25, 0.3) is 0 Å². The molecule has 162 valence electrons. The van der Waals surface area contributed by atoms with Crippen LogP contribution in [-0.4, -0.2) is 97.6 Å². The first-order chi connectivity index (χ1) is 14.3. The average Bonchev–Trinajstić information content (AvgIpc) is 2.80. The zero-order valence-electron chi connectivity index (χ0n) is 18.2. The third kappa shape index (κ3) is 5.80. The number of hydrogen-bond acceptors (Lipinski definition) is 5. The van der Waals surface area contributed by atoms with Crippen LogP contribution in [0.25, 0.3) is 0 Å². The van der Waals surface area contributed by atoms with Gasteiger partial charge in [0.15, 0.2) is 0 Å². The van der Waals surface area contributed by atoms with Crippen molar-refractivity contribution < 1.29 is 0 Å². The van der Waals surface area contributed by atoms with Gasteiger partial charge in [-0.3, -0.25) is 9.80 Å². The van der Waals surface area contributed by atoms with Crippen molar-refractivity contribution in [3.63, 3.8) is 0 Å². The Kier molecular flexibility index (Phi) is 7.97. The predicted molar refractivity (Wildman–Crippen MR) is 121 cm³/mol. The molecule has 0 aromatic heterocycles. The van der Waals surface area contributed by atoms with E-state index in [0.29, 0.717) is 6.04 Å². The first kappa shape index (κ1) is 21.3. The van der Waals surface area contributed by atoms with Crippen LogP contribution in [0.15, 0.2) is 30.3 Å². The summed E-state index contributed by atoms with van der Waals surface area (Å²) in [5.41, 5.74) is 7.25. The van der Waals surface area contributed by atoms with Crippen LogP contribution in [0.5, 0.6) is 0 Å². The monoisotopic (exact) mass is 399 g/mol. The van der Waals surface area contributed by atoms with E-state index in [0.717, 1.165) is 45.3 Å². The van der Waals surface area contributed by atoms with Gasteiger partial charge in [-0.2, -0.15) is 0 Å². The van der Waals surface area contributed by atoms with E-state index < -0.39 is 0 Å². The highest BCUT2D eigenvalue weighted by Crippen LogP contribution is 2.26. The number of piperidine rings is 2. The second kappa shape index (κ2) is 10.9. The van der Waals surface area contributed by atoms with Crippen molar-refractivity contribution in [1.29, 1.82) is 0 Å². The van der Waals surface area contributed by atoms with Gasteiger partial charge in [0, 0.05) is 57.9 Å². The number of nitrogens with two attached hydrogens (primary N) is 1. The zero-order valence-corrected chi connectivity index (χ0v) is 18.2. The Labute approximate surface area is 177 Å².